The maximum absolute atomic E-state index is 12.2. The van der Waals surface area contributed by atoms with Gasteiger partial charge in [0.05, 0.1) is 0 Å². The van der Waals surface area contributed by atoms with E-state index >= 15 is 0 Å². The summed E-state index contributed by atoms with van der Waals surface area (Å²) in [6.07, 6.45) is 5.64. The van der Waals surface area contributed by atoms with Crippen LogP contribution in [0.15, 0.2) is 18.2 Å². The molecule has 2 atom stereocenters. The summed E-state index contributed by atoms with van der Waals surface area (Å²) < 4.78 is 11.1. The molecule has 0 unspecified atom stereocenters. The van der Waals surface area contributed by atoms with Gasteiger partial charge < -0.3 is 20.1 Å². The minimum Gasteiger partial charge on any atom is -0.486 e. The van der Waals surface area contributed by atoms with E-state index in [-0.39, 0.29) is 6.03 Å². The number of carbonyl (C=O) groups excluding carboxylic acids is 1. The van der Waals surface area contributed by atoms with E-state index in [0.29, 0.717) is 31.8 Å². The Morgan fingerprint density at radius 3 is 2.92 bits per heavy atom. The number of nitrogens with one attached hydrogen (secondary N) is 2. The first-order valence-electron chi connectivity index (χ1n) is 9.46. The minimum atomic E-state index is -0.0463. The van der Waals surface area contributed by atoms with Crippen LogP contribution in [0.2, 0.25) is 0 Å². The second-order valence-electron chi connectivity index (χ2n) is 7.12. The fraction of sp³-hybridized carbons (Fsp3) is 0.632. The fourth-order valence-electron chi connectivity index (χ4n) is 4.20. The van der Waals surface area contributed by atoms with Crippen molar-refractivity contribution in [3.8, 4) is 11.5 Å². The van der Waals surface area contributed by atoms with Crippen molar-refractivity contribution in [1.82, 2.24) is 15.5 Å². The number of benzene rings is 1. The lowest BCUT2D eigenvalue weighted by molar-refractivity contribution is 0.171. The Morgan fingerprint density at radius 2 is 2.00 bits per heavy atom. The molecule has 2 saturated heterocycles. The minimum absolute atomic E-state index is 0.0463. The van der Waals surface area contributed by atoms with Crippen molar-refractivity contribution in [3.05, 3.63) is 23.8 Å². The molecule has 0 aliphatic carbocycles. The lowest BCUT2D eigenvalue weighted by Gasteiger charge is -2.32. The molecular weight excluding hydrogens is 318 g/mol. The highest BCUT2D eigenvalue weighted by atomic mass is 16.6. The van der Waals surface area contributed by atoms with E-state index < -0.39 is 0 Å². The zero-order chi connectivity index (χ0) is 17.1. The summed E-state index contributed by atoms with van der Waals surface area (Å²) in [7, 11) is 0. The van der Waals surface area contributed by atoms with Crippen LogP contribution in [-0.4, -0.2) is 55.9 Å². The van der Waals surface area contributed by atoms with Crippen LogP contribution in [0.4, 0.5) is 4.79 Å². The smallest absolute Gasteiger partial charge is 0.315 e. The number of hydrogen-bond acceptors (Lipinski definition) is 4. The van der Waals surface area contributed by atoms with Gasteiger partial charge in [0.15, 0.2) is 11.5 Å². The predicted molar refractivity (Wildman–Crippen MR) is 95.3 cm³/mol. The zero-order valence-electron chi connectivity index (χ0n) is 14.6. The number of carbonyl (C=O) groups is 1. The molecule has 2 fully saturated rings. The van der Waals surface area contributed by atoms with Gasteiger partial charge in [-0.3, -0.25) is 4.90 Å². The largest absolute Gasteiger partial charge is 0.486 e. The molecule has 6 nitrogen and oxygen atoms in total. The van der Waals surface area contributed by atoms with E-state index in [1.54, 1.807) is 0 Å². The highest BCUT2D eigenvalue weighted by Gasteiger charge is 2.36. The Kier molecular flexibility index (Phi) is 4.97. The topological polar surface area (TPSA) is 62.8 Å². The molecule has 2 amide bonds. The van der Waals surface area contributed by atoms with Crippen LogP contribution in [0.5, 0.6) is 11.5 Å². The van der Waals surface area contributed by atoms with Gasteiger partial charge in [0.1, 0.15) is 13.2 Å². The van der Waals surface area contributed by atoms with E-state index in [1.165, 1.54) is 25.8 Å². The standard InChI is InChI=1S/C19H27N3O3/c23-19(21-15-7-10-22-9-2-1-3-16(15)22)20-8-6-14-4-5-17-18(13-14)25-12-11-24-17/h4-5,13,15-16H,1-3,6-12H2,(H2,20,21,23)/t15-,16+/m0/s1. The summed E-state index contributed by atoms with van der Waals surface area (Å²) in [5.41, 5.74) is 1.14. The molecule has 0 saturated carbocycles. The highest BCUT2D eigenvalue weighted by molar-refractivity contribution is 5.74. The average molecular weight is 345 g/mol. The molecular formula is C19H27N3O3. The number of urea groups is 1. The fourth-order valence-corrected chi connectivity index (χ4v) is 4.20. The number of ether oxygens (including phenoxy) is 2. The van der Waals surface area contributed by atoms with Crippen molar-refractivity contribution in [1.29, 1.82) is 0 Å². The van der Waals surface area contributed by atoms with Gasteiger partial charge in [-0.05, 0) is 49.9 Å². The Bertz CT molecular complexity index is 622. The molecule has 0 aromatic heterocycles. The van der Waals surface area contributed by atoms with Crippen molar-refractivity contribution in [2.75, 3.05) is 32.8 Å². The maximum Gasteiger partial charge on any atom is 0.315 e. The van der Waals surface area contributed by atoms with E-state index in [9.17, 15) is 4.79 Å². The molecule has 4 rings (SSSR count). The number of amides is 2. The van der Waals surface area contributed by atoms with Crippen LogP contribution < -0.4 is 20.1 Å². The number of rotatable bonds is 4. The van der Waals surface area contributed by atoms with Crippen LogP contribution in [0.1, 0.15) is 31.2 Å². The molecule has 0 radical (unpaired) electrons. The number of piperidine rings is 1. The lowest BCUT2D eigenvalue weighted by Crippen LogP contribution is -2.49. The number of nitrogens with zero attached hydrogens (tertiary/aromatic N) is 1. The molecule has 3 aliphatic heterocycles. The van der Waals surface area contributed by atoms with E-state index in [1.807, 2.05) is 18.2 Å². The molecule has 1 aromatic carbocycles. The Labute approximate surface area is 148 Å². The SMILES string of the molecule is O=C(NCCc1ccc2c(c1)OCCO2)N[C@H]1CCN2CCCC[C@H]12. The van der Waals surface area contributed by atoms with E-state index in [2.05, 4.69) is 15.5 Å². The predicted octanol–water partition coefficient (Wildman–Crippen LogP) is 1.93. The summed E-state index contributed by atoms with van der Waals surface area (Å²) in [4.78, 5) is 14.7. The lowest BCUT2D eigenvalue weighted by atomic mass is 9.99. The molecule has 0 bridgehead atoms. The van der Waals surface area contributed by atoms with Crippen molar-refractivity contribution < 1.29 is 14.3 Å². The zero-order valence-corrected chi connectivity index (χ0v) is 14.6. The molecule has 0 spiro atoms. The van der Waals surface area contributed by atoms with Crippen LogP contribution in [0, 0.1) is 0 Å². The first-order chi connectivity index (χ1) is 12.3. The first kappa shape index (κ1) is 16.5. The van der Waals surface area contributed by atoms with E-state index in [0.717, 1.165) is 36.4 Å². The van der Waals surface area contributed by atoms with Crippen molar-refractivity contribution in [3.63, 3.8) is 0 Å². The average Bonchev–Trinajstić information content (AvgIpc) is 3.05. The second kappa shape index (κ2) is 7.52. The van der Waals surface area contributed by atoms with Crippen molar-refractivity contribution in [2.24, 2.45) is 0 Å². The molecule has 1 aromatic rings. The summed E-state index contributed by atoms with van der Waals surface area (Å²) in [6, 6.07) is 6.77. The first-order valence-corrected chi connectivity index (χ1v) is 9.46. The van der Waals surface area contributed by atoms with Crippen LogP contribution >= 0.6 is 0 Å². The second-order valence-corrected chi connectivity index (χ2v) is 7.12. The molecule has 6 heteroatoms. The van der Waals surface area contributed by atoms with Crippen molar-refractivity contribution >= 4 is 6.03 Å². The third-order valence-corrected chi connectivity index (χ3v) is 5.48. The summed E-state index contributed by atoms with van der Waals surface area (Å²) in [5.74, 6) is 1.61. The van der Waals surface area contributed by atoms with Gasteiger partial charge in [0.25, 0.3) is 0 Å². The third-order valence-electron chi connectivity index (χ3n) is 5.48. The van der Waals surface area contributed by atoms with Crippen LogP contribution in [0.3, 0.4) is 0 Å². The third kappa shape index (κ3) is 3.84. The van der Waals surface area contributed by atoms with Crippen LogP contribution in [0.25, 0.3) is 0 Å². The highest BCUT2D eigenvalue weighted by Crippen LogP contribution is 2.30. The molecule has 3 aliphatic rings. The van der Waals surface area contributed by atoms with Gasteiger partial charge in [-0.15, -0.1) is 0 Å². The van der Waals surface area contributed by atoms with Crippen LogP contribution in [-0.2, 0) is 6.42 Å². The Hall–Kier alpha value is -1.95. The Balaban J connectivity index is 1.23. The van der Waals surface area contributed by atoms with Gasteiger partial charge in [0, 0.05) is 25.2 Å². The van der Waals surface area contributed by atoms with Gasteiger partial charge in [-0.2, -0.15) is 0 Å². The van der Waals surface area contributed by atoms with E-state index in [4.69, 9.17) is 9.47 Å². The van der Waals surface area contributed by atoms with Gasteiger partial charge in [0.2, 0.25) is 0 Å². The quantitative estimate of drug-likeness (QED) is 0.875. The normalized spacial score (nSPS) is 25.3. The molecule has 2 N–H and O–H groups in total. The van der Waals surface area contributed by atoms with Gasteiger partial charge >= 0.3 is 6.03 Å². The summed E-state index contributed by atoms with van der Waals surface area (Å²) in [6.45, 7) is 4.12. The molecule has 136 valence electrons. The maximum atomic E-state index is 12.2. The monoisotopic (exact) mass is 345 g/mol. The summed E-state index contributed by atoms with van der Waals surface area (Å²) >= 11 is 0. The number of hydrogen-bond donors (Lipinski definition) is 2. The number of fused-ring (bicyclic) bond motifs is 2. The summed E-state index contributed by atoms with van der Waals surface area (Å²) in [5, 5.41) is 6.17. The molecule has 25 heavy (non-hydrogen) atoms. The van der Waals surface area contributed by atoms with Gasteiger partial charge in [-0.1, -0.05) is 12.5 Å². The van der Waals surface area contributed by atoms with Crippen molar-refractivity contribution in [2.45, 2.75) is 44.2 Å². The Morgan fingerprint density at radius 1 is 1.12 bits per heavy atom. The molecule has 3 heterocycles. The van der Waals surface area contributed by atoms with Gasteiger partial charge in [-0.25, -0.2) is 4.79 Å².